The highest BCUT2D eigenvalue weighted by Crippen LogP contribution is 2.36. The third-order valence-corrected chi connectivity index (χ3v) is 7.36. The van der Waals surface area contributed by atoms with Crippen molar-refractivity contribution in [3.05, 3.63) is 59.7 Å². The second-order valence-corrected chi connectivity index (χ2v) is 10.6. The molecule has 1 aliphatic heterocycles. The molecule has 0 N–H and O–H groups in total. The second kappa shape index (κ2) is 8.50. The van der Waals surface area contributed by atoms with Gasteiger partial charge in [-0.1, -0.05) is 24.3 Å². The van der Waals surface area contributed by atoms with Crippen LogP contribution in [-0.4, -0.2) is 38.9 Å². The molecule has 0 spiro atoms. The van der Waals surface area contributed by atoms with Crippen LogP contribution in [0.25, 0.3) is 0 Å². The molecule has 164 valence electrons. The van der Waals surface area contributed by atoms with Crippen LogP contribution in [-0.2, 0) is 11.2 Å². The van der Waals surface area contributed by atoms with Gasteiger partial charge in [-0.2, -0.15) is 0 Å². The number of nitrogens with zero attached hydrogens (tertiary/aromatic N) is 2. The summed E-state index contributed by atoms with van der Waals surface area (Å²) in [6.45, 7) is 5.71. The Kier molecular flexibility index (Phi) is 5.39. The SMILES string of the molecule is c1cc(N(CC2CC2)CC2CC2)ccc1Cc1ccc(N(CC2CC2)CC2CO2)cc1. The Bertz CT molecular complexity index is 759. The molecule has 1 saturated heterocycles. The van der Waals surface area contributed by atoms with Crippen LogP contribution in [0.3, 0.4) is 0 Å². The molecule has 3 saturated carbocycles. The van der Waals surface area contributed by atoms with Gasteiger partial charge in [0.25, 0.3) is 0 Å². The molecule has 1 unspecified atom stereocenters. The molecule has 3 nitrogen and oxygen atoms in total. The first-order chi connectivity index (χ1) is 15.3. The standard InChI is InChI=1S/C28H36N2O/c1-2-23(1)16-29(17-24-3-4-24)26-11-7-21(8-12-26)15-22-9-13-27(14-10-22)30(18-25-5-6-25)19-28-20-31-28/h7-14,23-25,28H,1-6,15-20H2. The third kappa shape index (κ3) is 5.63. The van der Waals surface area contributed by atoms with E-state index in [1.165, 1.54) is 80.7 Å². The van der Waals surface area contributed by atoms with Gasteiger partial charge in [-0.3, -0.25) is 0 Å². The van der Waals surface area contributed by atoms with Crippen molar-refractivity contribution in [1.82, 2.24) is 0 Å². The van der Waals surface area contributed by atoms with Crippen LogP contribution in [0.1, 0.15) is 49.7 Å². The van der Waals surface area contributed by atoms with E-state index in [4.69, 9.17) is 4.74 Å². The highest BCUT2D eigenvalue weighted by Gasteiger charge is 2.30. The van der Waals surface area contributed by atoms with E-state index in [0.717, 1.165) is 37.3 Å². The molecule has 1 heterocycles. The van der Waals surface area contributed by atoms with Gasteiger partial charge in [-0.15, -0.1) is 0 Å². The molecule has 3 aliphatic carbocycles. The van der Waals surface area contributed by atoms with E-state index >= 15 is 0 Å². The summed E-state index contributed by atoms with van der Waals surface area (Å²) in [6, 6.07) is 18.7. The van der Waals surface area contributed by atoms with Crippen LogP contribution >= 0.6 is 0 Å². The molecule has 2 aromatic rings. The first-order valence-electron chi connectivity index (χ1n) is 12.6. The van der Waals surface area contributed by atoms with Gasteiger partial charge < -0.3 is 14.5 Å². The maximum absolute atomic E-state index is 5.50. The Morgan fingerprint density at radius 1 is 0.581 bits per heavy atom. The van der Waals surface area contributed by atoms with Gasteiger partial charge in [-0.05, 0) is 98.1 Å². The number of rotatable bonds is 12. The van der Waals surface area contributed by atoms with Crippen molar-refractivity contribution in [2.75, 3.05) is 42.6 Å². The molecule has 1 atom stereocenters. The summed E-state index contributed by atoms with van der Waals surface area (Å²) in [5, 5.41) is 0. The lowest BCUT2D eigenvalue weighted by molar-refractivity contribution is 0.406. The number of ether oxygens (including phenoxy) is 1. The van der Waals surface area contributed by atoms with Gasteiger partial charge in [0.1, 0.15) is 0 Å². The van der Waals surface area contributed by atoms with Crippen LogP contribution in [0.5, 0.6) is 0 Å². The zero-order valence-electron chi connectivity index (χ0n) is 18.7. The van der Waals surface area contributed by atoms with Gasteiger partial charge in [-0.25, -0.2) is 0 Å². The number of anilines is 2. The molecule has 0 aromatic heterocycles. The molecule has 4 fully saturated rings. The molecule has 2 aromatic carbocycles. The Morgan fingerprint density at radius 3 is 1.32 bits per heavy atom. The average molecular weight is 417 g/mol. The summed E-state index contributed by atoms with van der Waals surface area (Å²) in [4.78, 5) is 5.20. The fourth-order valence-corrected chi connectivity index (χ4v) is 4.71. The largest absolute Gasteiger partial charge is 0.371 e. The van der Waals surface area contributed by atoms with Gasteiger partial charge in [0.2, 0.25) is 0 Å². The Hall–Kier alpha value is -2.00. The fourth-order valence-electron chi connectivity index (χ4n) is 4.71. The van der Waals surface area contributed by atoms with Gasteiger partial charge in [0.05, 0.1) is 12.7 Å². The first kappa shape index (κ1) is 19.7. The number of epoxide rings is 1. The van der Waals surface area contributed by atoms with E-state index in [0.29, 0.717) is 6.10 Å². The van der Waals surface area contributed by atoms with Crippen molar-refractivity contribution in [2.45, 2.75) is 51.0 Å². The lowest BCUT2D eigenvalue weighted by Gasteiger charge is -2.25. The molecule has 0 bridgehead atoms. The normalized spacial score (nSPS) is 22.4. The minimum atomic E-state index is 0.455. The highest BCUT2D eigenvalue weighted by atomic mass is 16.6. The van der Waals surface area contributed by atoms with E-state index in [1.807, 2.05) is 0 Å². The summed E-state index contributed by atoms with van der Waals surface area (Å²) in [6.07, 6.45) is 9.99. The molecule has 31 heavy (non-hydrogen) atoms. The number of hydrogen-bond donors (Lipinski definition) is 0. The van der Waals surface area contributed by atoms with E-state index in [2.05, 4.69) is 58.3 Å². The van der Waals surface area contributed by atoms with Crippen molar-refractivity contribution in [1.29, 1.82) is 0 Å². The van der Waals surface area contributed by atoms with Gasteiger partial charge in [0.15, 0.2) is 0 Å². The van der Waals surface area contributed by atoms with Crippen molar-refractivity contribution >= 4 is 11.4 Å². The summed E-state index contributed by atoms with van der Waals surface area (Å²) >= 11 is 0. The van der Waals surface area contributed by atoms with E-state index < -0.39 is 0 Å². The van der Waals surface area contributed by atoms with Crippen LogP contribution in [0.4, 0.5) is 11.4 Å². The summed E-state index contributed by atoms with van der Waals surface area (Å²) in [7, 11) is 0. The highest BCUT2D eigenvalue weighted by molar-refractivity contribution is 5.51. The van der Waals surface area contributed by atoms with Crippen molar-refractivity contribution in [3.8, 4) is 0 Å². The topological polar surface area (TPSA) is 19.0 Å². The maximum Gasteiger partial charge on any atom is 0.0984 e. The van der Waals surface area contributed by atoms with E-state index in [-0.39, 0.29) is 0 Å². The molecule has 6 rings (SSSR count). The first-order valence-corrected chi connectivity index (χ1v) is 12.6. The summed E-state index contributed by atoms with van der Waals surface area (Å²) < 4.78 is 5.50. The third-order valence-electron chi connectivity index (χ3n) is 7.36. The number of benzene rings is 2. The molecule has 0 amide bonds. The minimum absolute atomic E-state index is 0.455. The molecule has 4 aliphatic rings. The Balaban J connectivity index is 1.08. The molecular weight excluding hydrogens is 380 g/mol. The maximum atomic E-state index is 5.50. The molecule has 0 radical (unpaired) electrons. The van der Waals surface area contributed by atoms with E-state index in [9.17, 15) is 0 Å². The molecular formula is C28H36N2O. The predicted molar refractivity (Wildman–Crippen MR) is 128 cm³/mol. The minimum Gasteiger partial charge on any atom is -0.371 e. The van der Waals surface area contributed by atoms with Crippen LogP contribution in [0.2, 0.25) is 0 Å². The van der Waals surface area contributed by atoms with Crippen molar-refractivity contribution < 1.29 is 4.74 Å². The zero-order valence-corrected chi connectivity index (χ0v) is 18.7. The lowest BCUT2D eigenvalue weighted by Crippen LogP contribution is -2.29. The van der Waals surface area contributed by atoms with Crippen molar-refractivity contribution in [3.63, 3.8) is 0 Å². The summed E-state index contributed by atoms with van der Waals surface area (Å²) in [5.74, 6) is 2.79. The van der Waals surface area contributed by atoms with Crippen LogP contribution in [0.15, 0.2) is 48.5 Å². The Morgan fingerprint density at radius 2 is 0.968 bits per heavy atom. The smallest absolute Gasteiger partial charge is 0.0984 e. The van der Waals surface area contributed by atoms with E-state index in [1.54, 1.807) is 0 Å². The van der Waals surface area contributed by atoms with Crippen molar-refractivity contribution in [2.24, 2.45) is 17.8 Å². The van der Waals surface area contributed by atoms with Gasteiger partial charge >= 0.3 is 0 Å². The Labute approximate surface area is 187 Å². The van der Waals surface area contributed by atoms with Gasteiger partial charge in [0, 0.05) is 37.6 Å². The fraction of sp³-hybridized carbons (Fsp3) is 0.571. The predicted octanol–water partition coefficient (Wildman–Crippen LogP) is 5.52. The quantitative estimate of drug-likeness (QED) is 0.425. The second-order valence-electron chi connectivity index (χ2n) is 10.6. The molecule has 3 heteroatoms. The summed E-state index contributed by atoms with van der Waals surface area (Å²) in [5.41, 5.74) is 5.60. The monoisotopic (exact) mass is 416 g/mol. The lowest BCUT2D eigenvalue weighted by atomic mass is 10.0. The number of hydrogen-bond acceptors (Lipinski definition) is 3. The average Bonchev–Trinajstić information content (AvgIpc) is 3.63. The van der Waals surface area contributed by atoms with Crippen LogP contribution < -0.4 is 9.80 Å². The van der Waals surface area contributed by atoms with Crippen LogP contribution in [0, 0.1) is 17.8 Å². The zero-order chi connectivity index (χ0) is 20.6.